The molecule has 2 aliphatic rings. The minimum absolute atomic E-state index is 0.0497. The van der Waals surface area contributed by atoms with Crippen LogP contribution in [0.3, 0.4) is 0 Å². The Morgan fingerprint density at radius 2 is 2.00 bits per heavy atom. The van der Waals surface area contributed by atoms with Crippen LogP contribution in [0, 0.1) is 11.2 Å². The summed E-state index contributed by atoms with van der Waals surface area (Å²) in [6, 6.07) is 6.31. The van der Waals surface area contributed by atoms with Crippen LogP contribution in [0.5, 0.6) is 0 Å². The number of dihydropyridines is 1. The van der Waals surface area contributed by atoms with E-state index in [1.807, 2.05) is 13.8 Å². The fourth-order valence-electron chi connectivity index (χ4n) is 3.94. The predicted octanol–water partition coefficient (Wildman–Crippen LogP) is 3.99. The van der Waals surface area contributed by atoms with Crippen molar-refractivity contribution in [3.05, 3.63) is 58.2 Å². The third kappa shape index (κ3) is 3.18. The molecule has 0 bridgehead atoms. The summed E-state index contributed by atoms with van der Waals surface area (Å²) in [5.41, 5.74) is 2.35. The van der Waals surface area contributed by atoms with Crippen molar-refractivity contribution in [2.24, 2.45) is 5.41 Å². The summed E-state index contributed by atoms with van der Waals surface area (Å²) < 4.78 is 19.8. The van der Waals surface area contributed by atoms with Crippen LogP contribution < -0.4 is 5.32 Å². The van der Waals surface area contributed by atoms with E-state index in [9.17, 15) is 14.0 Å². The Balaban J connectivity index is 2.21. The highest BCUT2D eigenvalue weighted by Crippen LogP contribution is 2.47. The zero-order valence-corrected chi connectivity index (χ0v) is 15.6. The summed E-state index contributed by atoms with van der Waals surface area (Å²) in [7, 11) is 0. The molecule has 1 aromatic rings. The highest BCUT2D eigenvalue weighted by Gasteiger charge is 2.43. The van der Waals surface area contributed by atoms with Crippen LogP contribution in [0.2, 0.25) is 0 Å². The molecule has 26 heavy (non-hydrogen) atoms. The van der Waals surface area contributed by atoms with Crippen molar-refractivity contribution >= 4 is 11.8 Å². The Bertz CT molecular complexity index is 835. The average molecular weight is 357 g/mol. The molecule has 3 rings (SSSR count). The predicted molar refractivity (Wildman–Crippen MR) is 96.7 cm³/mol. The Labute approximate surface area is 153 Å². The number of rotatable bonds is 3. The number of benzene rings is 1. The molecular weight excluding hydrogens is 333 g/mol. The normalized spacial score (nSPS) is 22.0. The van der Waals surface area contributed by atoms with Gasteiger partial charge in [0.05, 0.1) is 18.1 Å². The quantitative estimate of drug-likeness (QED) is 0.831. The fraction of sp³-hybridized carbons (Fsp3) is 0.429. The first-order valence-corrected chi connectivity index (χ1v) is 8.90. The van der Waals surface area contributed by atoms with E-state index < -0.39 is 17.7 Å². The van der Waals surface area contributed by atoms with Crippen molar-refractivity contribution < 1.29 is 18.7 Å². The lowest BCUT2D eigenvalue weighted by Crippen LogP contribution is -2.39. The lowest BCUT2D eigenvalue weighted by molar-refractivity contribution is -0.138. The molecule has 4 nitrogen and oxygen atoms in total. The number of carbonyl (C=O) groups excluding carboxylic acids is 2. The number of carbonyl (C=O) groups is 2. The summed E-state index contributed by atoms with van der Waals surface area (Å²) in [6.45, 7) is 7.78. The SMILES string of the molecule is CCOC(=O)C1=C(C)NC2=C(C(=O)CC(C)(C)C2)[C@@H]1c1ccccc1F. The summed E-state index contributed by atoms with van der Waals surface area (Å²) in [4.78, 5) is 25.6. The van der Waals surface area contributed by atoms with Gasteiger partial charge in [-0.1, -0.05) is 32.0 Å². The summed E-state index contributed by atoms with van der Waals surface area (Å²) in [5, 5.41) is 3.23. The largest absolute Gasteiger partial charge is 0.463 e. The first kappa shape index (κ1) is 18.4. The number of ketones is 1. The zero-order valence-electron chi connectivity index (χ0n) is 15.6. The number of esters is 1. The van der Waals surface area contributed by atoms with E-state index >= 15 is 0 Å². The van der Waals surface area contributed by atoms with Gasteiger partial charge in [0.2, 0.25) is 0 Å². The minimum atomic E-state index is -0.741. The molecule has 0 amide bonds. The average Bonchev–Trinajstić information content (AvgIpc) is 2.53. The molecule has 0 saturated heterocycles. The number of ether oxygens (including phenoxy) is 1. The van der Waals surface area contributed by atoms with Gasteiger partial charge >= 0.3 is 5.97 Å². The topological polar surface area (TPSA) is 55.4 Å². The Hall–Kier alpha value is -2.43. The van der Waals surface area contributed by atoms with E-state index in [1.165, 1.54) is 6.07 Å². The molecule has 5 heteroatoms. The van der Waals surface area contributed by atoms with Crippen molar-refractivity contribution in [2.45, 2.75) is 46.5 Å². The number of hydrogen-bond donors (Lipinski definition) is 1. The zero-order chi connectivity index (χ0) is 19.1. The van der Waals surface area contributed by atoms with Gasteiger partial charge in [0.1, 0.15) is 5.82 Å². The molecule has 0 fully saturated rings. The second kappa shape index (κ2) is 6.71. The smallest absolute Gasteiger partial charge is 0.336 e. The molecule has 1 heterocycles. The number of Topliss-reactive ketones (excluding diaryl/α,β-unsaturated/α-hetero) is 1. The molecule has 1 atom stereocenters. The van der Waals surface area contributed by atoms with Crippen LogP contribution in [0.1, 0.15) is 52.0 Å². The van der Waals surface area contributed by atoms with Gasteiger partial charge < -0.3 is 10.1 Å². The van der Waals surface area contributed by atoms with Crippen LogP contribution in [0.15, 0.2) is 46.8 Å². The van der Waals surface area contributed by atoms with E-state index in [0.717, 1.165) is 5.70 Å². The minimum Gasteiger partial charge on any atom is -0.463 e. The molecule has 1 aliphatic heterocycles. The van der Waals surface area contributed by atoms with Gasteiger partial charge in [0, 0.05) is 29.0 Å². The molecule has 0 aromatic heterocycles. The second-order valence-corrected chi connectivity index (χ2v) is 7.67. The van der Waals surface area contributed by atoms with Gasteiger partial charge in [0.25, 0.3) is 0 Å². The van der Waals surface area contributed by atoms with Gasteiger partial charge in [-0.15, -0.1) is 0 Å². The van der Waals surface area contributed by atoms with Gasteiger partial charge in [-0.2, -0.15) is 0 Å². The van der Waals surface area contributed by atoms with Crippen LogP contribution in [0.4, 0.5) is 4.39 Å². The fourth-order valence-corrected chi connectivity index (χ4v) is 3.94. The molecular formula is C21H24FNO3. The molecule has 138 valence electrons. The maximum absolute atomic E-state index is 14.6. The Morgan fingerprint density at radius 3 is 2.65 bits per heavy atom. The standard InChI is InChI=1S/C21H24FNO3/c1-5-26-20(25)17-12(2)23-15-10-21(3,4)11-16(24)19(15)18(17)13-8-6-7-9-14(13)22/h6-9,18,23H,5,10-11H2,1-4H3/t18-/m1/s1. The molecule has 0 unspecified atom stereocenters. The highest BCUT2D eigenvalue weighted by molar-refractivity contribution is 6.04. The number of hydrogen-bond acceptors (Lipinski definition) is 4. The molecule has 1 aromatic carbocycles. The number of nitrogens with one attached hydrogen (secondary N) is 1. The van der Waals surface area contributed by atoms with Crippen molar-refractivity contribution in [3.63, 3.8) is 0 Å². The molecule has 0 radical (unpaired) electrons. The molecule has 1 aliphatic carbocycles. The third-order valence-corrected chi connectivity index (χ3v) is 4.95. The van der Waals surface area contributed by atoms with Crippen LogP contribution in [-0.2, 0) is 14.3 Å². The summed E-state index contributed by atoms with van der Waals surface area (Å²) >= 11 is 0. The van der Waals surface area contributed by atoms with E-state index in [-0.39, 0.29) is 17.8 Å². The maximum atomic E-state index is 14.6. The van der Waals surface area contributed by atoms with Crippen molar-refractivity contribution in [3.8, 4) is 0 Å². The summed E-state index contributed by atoms with van der Waals surface area (Å²) in [6.07, 6.45) is 1.04. The monoisotopic (exact) mass is 357 g/mol. The molecule has 0 spiro atoms. The first-order chi connectivity index (χ1) is 12.2. The van der Waals surface area contributed by atoms with Crippen molar-refractivity contribution in [1.82, 2.24) is 5.32 Å². The lowest BCUT2D eigenvalue weighted by Gasteiger charge is -2.39. The second-order valence-electron chi connectivity index (χ2n) is 7.67. The Kier molecular flexibility index (Phi) is 4.74. The van der Waals surface area contributed by atoms with Crippen LogP contribution in [0.25, 0.3) is 0 Å². The van der Waals surface area contributed by atoms with Crippen molar-refractivity contribution in [2.75, 3.05) is 6.61 Å². The molecule has 0 saturated carbocycles. The lowest BCUT2D eigenvalue weighted by atomic mass is 9.68. The third-order valence-electron chi connectivity index (χ3n) is 4.95. The Morgan fingerprint density at radius 1 is 1.31 bits per heavy atom. The van der Waals surface area contributed by atoms with Gasteiger partial charge in [-0.05, 0) is 31.7 Å². The van der Waals surface area contributed by atoms with Gasteiger partial charge in [-0.25, -0.2) is 9.18 Å². The first-order valence-electron chi connectivity index (χ1n) is 8.90. The van der Waals surface area contributed by atoms with E-state index in [0.29, 0.717) is 35.2 Å². The van der Waals surface area contributed by atoms with E-state index in [2.05, 4.69) is 5.32 Å². The van der Waals surface area contributed by atoms with Crippen molar-refractivity contribution in [1.29, 1.82) is 0 Å². The number of halogens is 1. The highest BCUT2D eigenvalue weighted by atomic mass is 19.1. The van der Waals surface area contributed by atoms with Gasteiger partial charge in [0.15, 0.2) is 5.78 Å². The van der Waals surface area contributed by atoms with E-state index in [1.54, 1.807) is 32.0 Å². The van der Waals surface area contributed by atoms with Gasteiger partial charge in [-0.3, -0.25) is 4.79 Å². The molecule has 1 N–H and O–H groups in total. The maximum Gasteiger partial charge on any atom is 0.336 e. The number of allylic oxidation sites excluding steroid dienone is 3. The van der Waals surface area contributed by atoms with E-state index in [4.69, 9.17) is 4.74 Å². The van der Waals surface area contributed by atoms with Crippen LogP contribution in [-0.4, -0.2) is 18.4 Å². The van der Waals surface area contributed by atoms with Crippen LogP contribution >= 0.6 is 0 Å². The summed E-state index contributed by atoms with van der Waals surface area (Å²) in [5.74, 6) is -1.74.